The number of hydrogen-bond acceptors (Lipinski definition) is 3. The van der Waals surface area contributed by atoms with Crippen molar-refractivity contribution in [1.82, 2.24) is 14.8 Å². The zero-order valence-corrected chi connectivity index (χ0v) is 8.50. The quantitative estimate of drug-likeness (QED) is 0.814. The molecule has 2 rings (SSSR count). The first-order valence-electron chi connectivity index (χ1n) is 3.80. The van der Waals surface area contributed by atoms with E-state index in [4.69, 9.17) is 28.9 Å². The van der Waals surface area contributed by atoms with Crippen LogP contribution in [0.25, 0.3) is 5.69 Å². The molecule has 0 fully saturated rings. The highest BCUT2D eigenvalue weighted by molar-refractivity contribution is 6.37. The second-order valence-electron chi connectivity index (χ2n) is 2.62. The van der Waals surface area contributed by atoms with E-state index in [2.05, 4.69) is 10.1 Å². The van der Waals surface area contributed by atoms with Crippen molar-refractivity contribution < 1.29 is 0 Å². The number of para-hydroxylation sites is 1. The molecule has 1 aromatic carbocycles. The Hall–Kier alpha value is -1.26. The fourth-order valence-corrected chi connectivity index (χ4v) is 1.66. The highest BCUT2D eigenvalue weighted by Gasteiger charge is 2.08. The van der Waals surface area contributed by atoms with Crippen LogP contribution in [-0.4, -0.2) is 14.8 Å². The van der Waals surface area contributed by atoms with Crippen LogP contribution in [0.1, 0.15) is 0 Å². The molecule has 0 radical (unpaired) electrons. The Bertz CT molecular complexity index is 446. The van der Waals surface area contributed by atoms with Crippen LogP contribution in [0.2, 0.25) is 10.0 Å². The van der Waals surface area contributed by atoms with E-state index < -0.39 is 0 Å². The first-order chi connectivity index (χ1) is 6.68. The fourth-order valence-electron chi connectivity index (χ4n) is 1.09. The molecule has 0 saturated carbocycles. The number of halogens is 2. The number of nitrogen functional groups attached to an aromatic ring is 1. The third-order valence-electron chi connectivity index (χ3n) is 1.68. The molecule has 0 bridgehead atoms. The summed E-state index contributed by atoms with van der Waals surface area (Å²) < 4.78 is 1.44. The lowest BCUT2D eigenvalue weighted by Crippen LogP contribution is -1.98. The smallest absolute Gasteiger partial charge is 0.239 e. The Morgan fingerprint density at radius 1 is 1.21 bits per heavy atom. The lowest BCUT2D eigenvalue weighted by molar-refractivity contribution is 0.884. The van der Waals surface area contributed by atoms with Gasteiger partial charge in [0, 0.05) is 0 Å². The zero-order chi connectivity index (χ0) is 10.1. The largest absolute Gasteiger partial charge is 0.366 e. The van der Waals surface area contributed by atoms with Gasteiger partial charge in [-0.1, -0.05) is 29.3 Å². The highest BCUT2D eigenvalue weighted by atomic mass is 35.5. The number of hydrogen-bond donors (Lipinski definition) is 1. The summed E-state index contributed by atoms with van der Waals surface area (Å²) in [7, 11) is 0. The normalized spacial score (nSPS) is 10.4. The maximum absolute atomic E-state index is 5.96. The summed E-state index contributed by atoms with van der Waals surface area (Å²) in [6.07, 6.45) is 1.46. The summed E-state index contributed by atoms with van der Waals surface area (Å²) in [6, 6.07) is 5.20. The Balaban J connectivity index is 2.61. The molecule has 2 N–H and O–H groups in total. The minimum atomic E-state index is 0.181. The van der Waals surface area contributed by atoms with Crippen LogP contribution in [0, 0.1) is 0 Å². The number of nitrogens with two attached hydrogens (primary N) is 1. The average Bonchev–Trinajstić information content (AvgIpc) is 2.51. The van der Waals surface area contributed by atoms with Crippen molar-refractivity contribution in [3.63, 3.8) is 0 Å². The van der Waals surface area contributed by atoms with Crippen molar-refractivity contribution in [2.45, 2.75) is 0 Å². The molecule has 0 aliphatic heterocycles. The van der Waals surface area contributed by atoms with Crippen LogP contribution >= 0.6 is 23.2 Å². The molecule has 0 amide bonds. The van der Waals surface area contributed by atoms with Crippen molar-refractivity contribution in [3.8, 4) is 5.69 Å². The van der Waals surface area contributed by atoms with Gasteiger partial charge in [0.1, 0.15) is 12.0 Å². The summed E-state index contributed by atoms with van der Waals surface area (Å²) in [5, 5.41) is 4.92. The van der Waals surface area contributed by atoms with E-state index in [9.17, 15) is 0 Å². The molecular weight excluding hydrogens is 223 g/mol. The second-order valence-corrected chi connectivity index (χ2v) is 3.43. The van der Waals surface area contributed by atoms with Crippen molar-refractivity contribution in [2.24, 2.45) is 0 Å². The molecule has 0 atom stereocenters. The zero-order valence-electron chi connectivity index (χ0n) is 6.98. The summed E-state index contributed by atoms with van der Waals surface area (Å²) in [4.78, 5) is 3.79. The van der Waals surface area contributed by atoms with E-state index in [1.165, 1.54) is 11.0 Å². The van der Waals surface area contributed by atoms with Gasteiger partial charge in [-0.05, 0) is 12.1 Å². The summed E-state index contributed by atoms with van der Waals surface area (Å²) in [5.74, 6) is 0.181. The van der Waals surface area contributed by atoms with E-state index in [1.807, 2.05) is 0 Å². The van der Waals surface area contributed by atoms with Crippen molar-refractivity contribution in [2.75, 3.05) is 5.73 Å². The lowest BCUT2D eigenvalue weighted by Gasteiger charge is -2.04. The summed E-state index contributed by atoms with van der Waals surface area (Å²) in [5.41, 5.74) is 5.97. The SMILES string of the molecule is Nc1ncn(-c2c(Cl)cccc2Cl)n1. The van der Waals surface area contributed by atoms with Crippen molar-refractivity contribution in [3.05, 3.63) is 34.6 Å². The number of anilines is 1. The van der Waals surface area contributed by atoms with Crippen LogP contribution in [0.4, 0.5) is 5.95 Å². The van der Waals surface area contributed by atoms with Gasteiger partial charge in [-0.3, -0.25) is 0 Å². The predicted octanol–water partition coefficient (Wildman–Crippen LogP) is 2.16. The molecule has 0 saturated heterocycles. The molecule has 0 spiro atoms. The maximum atomic E-state index is 5.96. The topological polar surface area (TPSA) is 56.7 Å². The van der Waals surface area contributed by atoms with Gasteiger partial charge in [0.2, 0.25) is 5.95 Å². The highest BCUT2D eigenvalue weighted by Crippen LogP contribution is 2.27. The van der Waals surface area contributed by atoms with Crippen LogP contribution in [0.15, 0.2) is 24.5 Å². The van der Waals surface area contributed by atoms with Crippen molar-refractivity contribution >= 4 is 29.2 Å². The first kappa shape index (κ1) is 9.30. The Morgan fingerprint density at radius 3 is 2.36 bits per heavy atom. The van der Waals surface area contributed by atoms with Gasteiger partial charge in [-0.15, -0.1) is 5.10 Å². The second kappa shape index (κ2) is 3.48. The molecule has 2 aromatic rings. The predicted molar refractivity (Wildman–Crippen MR) is 55.8 cm³/mol. The Morgan fingerprint density at radius 2 is 1.86 bits per heavy atom. The minimum absolute atomic E-state index is 0.181. The van der Waals surface area contributed by atoms with Gasteiger partial charge >= 0.3 is 0 Å². The molecule has 0 unspecified atom stereocenters. The third-order valence-corrected chi connectivity index (χ3v) is 2.29. The Labute approximate surface area is 90.3 Å². The molecule has 4 nitrogen and oxygen atoms in total. The van der Waals surface area contributed by atoms with Crippen LogP contribution in [0.5, 0.6) is 0 Å². The monoisotopic (exact) mass is 228 g/mol. The van der Waals surface area contributed by atoms with Gasteiger partial charge in [-0.2, -0.15) is 0 Å². The van der Waals surface area contributed by atoms with Crippen molar-refractivity contribution in [1.29, 1.82) is 0 Å². The van der Waals surface area contributed by atoms with E-state index in [0.29, 0.717) is 15.7 Å². The van der Waals surface area contributed by atoms with Crippen LogP contribution < -0.4 is 5.73 Å². The number of rotatable bonds is 1. The van der Waals surface area contributed by atoms with E-state index in [0.717, 1.165) is 0 Å². The van der Waals surface area contributed by atoms with Crippen LogP contribution in [-0.2, 0) is 0 Å². The number of nitrogens with zero attached hydrogens (tertiary/aromatic N) is 3. The number of benzene rings is 1. The molecule has 0 aliphatic carbocycles. The van der Waals surface area contributed by atoms with E-state index in [1.54, 1.807) is 18.2 Å². The molecule has 1 heterocycles. The Kier molecular flexibility index (Phi) is 2.31. The van der Waals surface area contributed by atoms with Gasteiger partial charge in [0.15, 0.2) is 0 Å². The molecular formula is C8H6Cl2N4. The van der Waals surface area contributed by atoms with Gasteiger partial charge in [-0.25, -0.2) is 9.67 Å². The average molecular weight is 229 g/mol. The van der Waals surface area contributed by atoms with E-state index >= 15 is 0 Å². The first-order valence-corrected chi connectivity index (χ1v) is 4.55. The van der Waals surface area contributed by atoms with Gasteiger partial charge in [0.05, 0.1) is 10.0 Å². The number of aromatic nitrogens is 3. The molecule has 0 aliphatic rings. The standard InChI is InChI=1S/C8H6Cl2N4/c9-5-2-1-3-6(10)7(5)14-4-12-8(11)13-14/h1-4H,(H2,11,13). The van der Waals surface area contributed by atoms with Crippen LogP contribution in [0.3, 0.4) is 0 Å². The molecule has 6 heteroatoms. The van der Waals surface area contributed by atoms with Gasteiger partial charge in [0.25, 0.3) is 0 Å². The lowest BCUT2D eigenvalue weighted by atomic mass is 10.3. The molecule has 1 aromatic heterocycles. The molecule has 72 valence electrons. The van der Waals surface area contributed by atoms with Gasteiger partial charge < -0.3 is 5.73 Å². The fraction of sp³-hybridized carbons (Fsp3) is 0. The summed E-state index contributed by atoms with van der Waals surface area (Å²) in [6.45, 7) is 0. The molecule has 14 heavy (non-hydrogen) atoms. The maximum Gasteiger partial charge on any atom is 0.239 e. The summed E-state index contributed by atoms with van der Waals surface area (Å²) >= 11 is 11.9. The third kappa shape index (κ3) is 1.54. The van der Waals surface area contributed by atoms with E-state index in [-0.39, 0.29) is 5.95 Å². The minimum Gasteiger partial charge on any atom is -0.366 e.